The van der Waals surface area contributed by atoms with E-state index in [1.54, 1.807) is 6.92 Å². The molecular weight excluding hydrogens is 254 g/mol. The van der Waals surface area contributed by atoms with Crippen LogP contribution in [0.4, 0.5) is 0 Å². The summed E-state index contributed by atoms with van der Waals surface area (Å²) in [5, 5.41) is 10.00. The summed E-state index contributed by atoms with van der Waals surface area (Å²) in [5.74, 6) is 0.630. The van der Waals surface area contributed by atoms with Gasteiger partial charge in [0.2, 0.25) is 0 Å². The lowest BCUT2D eigenvalue weighted by Gasteiger charge is -2.23. The minimum atomic E-state index is -0.555. The highest BCUT2D eigenvalue weighted by atomic mass is 16.5. The van der Waals surface area contributed by atoms with E-state index in [2.05, 4.69) is 0 Å². The molecule has 1 N–H and O–H groups in total. The van der Waals surface area contributed by atoms with Crippen LogP contribution in [-0.2, 0) is 4.79 Å². The Morgan fingerprint density at radius 3 is 2.65 bits per heavy atom. The van der Waals surface area contributed by atoms with Gasteiger partial charge in [-0.1, -0.05) is 25.1 Å². The van der Waals surface area contributed by atoms with Crippen LogP contribution >= 0.6 is 0 Å². The lowest BCUT2D eigenvalue weighted by Crippen LogP contribution is -2.38. The number of para-hydroxylation sites is 1. The van der Waals surface area contributed by atoms with Gasteiger partial charge in [0.05, 0.1) is 6.10 Å². The number of nitrogens with zero attached hydrogens (tertiary/aromatic N) is 1. The van der Waals surface area contributed by atoms with E-state index in [0.717, 1.165) is 31.5 Å². The highest BCUT2D eigenvalue weighted by molar-refractivity contribution is 5.81. The molecule has 0 bridgehead atoms. The number of aliphatic hydroxyl groups excluding tert-OH is 1. The molecule has 0 radical (unpaired) electrons. The van der Waals surface area contributed by atoms with Gasteiger partial charge in [0.1, 0.15) is 5.75 Å². The molecule has 0 saturated carbocycles. The van der Waals surface area contributed by atoms with Gasteiger partial charge in [-0.05, 0) is 32.3 Å². The van der Waals surface area contributed by atoms with Gasteiger partial charge in [-0.25, -0.2) is 0 Å². The van der Waals surface area contributed by atoms with Crippen molar-refractivity contribution in [1.29, 1.82) is 0 Å². The Labute approximate surface area is 120 Å². The molecule has 1 aromatic rings. The number of aliphatic hydroxyl groups is 1. The fourth-order valence-corrected chi connectivity index (χ4v) is 2.52. The average molecular weight is 277 g/mol. The van der Waals surface area contributed by atoms with Crippen LogP contribution in [0.3, 0.4) is 0 Å². The summed E-state index contributed by atoms with van der Waals surface area (Å²) < 4.78 is 5.79. The molecule has 1 heterocycles. The number of hydrogen-bond acceptors (Lipinski definition) is 3. The number of amides is 1. The summed E-state index contributed by atoms with van der Waals surface area (Å²) in [5.41, 5.74) is 0.746. The molecule has 0 aliphatic carbocycles. The van der Waals surface area contributed by atoms with E-state index in [1.165, 1.54) is 0 Å². The fraction of sp³-hybridized carbons (Fsp3) is 0.562. The maximum Gasteiger partial charge on any atom is 0.263 e. The molecule has 1 aliphatic rings. The maximum absolute atomic E-state index is 12.2. The van der Waals surface area contributed by atoms with Gasteiger partial charge in [-0.3, -0.25) is 4.79 Å². The van der Waals surface area contributed by atoms with E-state index >= 15 is 0 Å². The van der Waals surface area contributed by atoms with Crippen LogP contribution in [0.15, 0.2) is 24.3 Å². The van der Waals surface area contributed by atoms with Crippen molar-refractivity contribution in [3.63, 3.8) is 0 Å². The third kappa shape index (κ3) is 3.31. The van der Waals surface area contributed by atoms with Gasteiger partial charge in [0.25, 0.3) is 5.91 Å². The Morgan fingerprint density at radius 2 is 2.00 bits per heavy atom. The van der Waals surface area contributed by atoms with Crippen LogP contribution in [0.2, 0.25) is 0 Å². The molecule has 0 spiro atoms. The minimum absolute atomic E-state index is 0.0308. The molecule has 1 aromatic carbocycles. The first-order valence-electron chi connectivity index (χ1n) is 7.36. The number of ether oxygens (including phenoxy) is 1. The van der Waals surface area contributed by atoms with E-state index in [9.17, 15) is 9.90 Å². The number of carbonyl (C=O) groups is 1. The number of carbonyl (C=O) groups excluding carboxylic acids is 1. The number of hydrogen-bond donors (Lipinski definition) is 1. The first kappa shape index (κ1) is 14.9. The molecule has 1 saturated heterocycles. The van der Waals surface area contributed by atoms with Gasteiger partial charge in [-0.2, -0.15) is 0 Å². The van der Waals surface area contributed by atoms with Crippen molar-refractivity contribution in [2.24, 2.45) is 0 Å². The normalized spacial score (nSPS) is 17.9. The quantitative estimate of drug-likeness (QED) is 0.899. The molecule has 4 heteroatoms. The third-order valence-electron chi connectivity index (χ3n) is 3.73. The molecule has 1 fully saturated rings. The van der Waals surface area contributed by atoms with Gasteiger partial charge >= 0.3 is 0 Å². The number of rotatable bonds is 5. The Bertz CT molecular complexity index is 455. The second-order valence-corrected chi connectivity index (χ2v) is 5.25. The van der Waals surface area contributed by atoms with Crippen molar-refractivity contribution in [3.05, 3.63) is 29.8 Å². The smallest absolute Gasteiger partial charge is 0.263 e. The van der Waals surface area contributed by atoms with E-state index in [1.807, 2.05) is 36.1 Å². The molecule has 1 aliphatic heterocycles. The second-order valence-electron chi connectivity index (χ2n) is 5.25. The zero-order chi connectivity index (χ0) is 14.5. The SMILES string of the molecule is CCC(O)c1ccccc1OC(C)C(=O)N1CCCC1. The summed E-state index contributed by atoms with van der Waals surface area (Å²) in [6, 6.07) is 7.38. The largest absolute Gasteiger partial charge is 0.481 e. The van der Waals surface area contributed by atoms with Crippen molar-refractivity contribution >= 4 is 5.91 Å². The summed E-state index contributed by atoms with van der Waals surface area (Å²) in [4.78, 5) is 14.1. The van der Waals surface area contributed by atoms with Crippen LogP contribution in [0.25, 0.3) is 0 Å². The molecule has 2 unspecified atom stereocenters. The van der Waals surface area contributed by atoms with E-state index in [0.29, 0.717) is 12.2 Å². The second kappa shape index (κ2) is 6.75. The molecule has 4 nitrogen and oxygen atoms in total. The highest BCUT2D eigenvalue weighted by Crippen LogP contribution is 2.28. The lowest BCUT2D eigenvalue weighted by atomic mass is 10.1. The summed E-state index contributed by atoms with van der Waals surface area (Å²) in [6.45, 7) is 5.34. The monoisotopic (exact) mass is 277 g/mol. The number of benzene rings is 1. The number of likely N-dealkylation sites (tertiary alicyclic amines) is 1. The van der Waals surface area contributed by atoms with Gasteiger partial charge in [-0.15, -0.1) is 0 Å². The molecular formula is C16H23NO3. The summed E-state index contributed by atoms with van der Waals surface area (Å²) in [6.07, 6.45) is 1.70. The highest BCUT2D eigenvalue weighted by Gasteiger charge is 2.25. The van der Waals surface area contributed by atoms with Crippen LogP contribution in [0.1, 0.15) is 44.8 Å². The first-order chi connectivity index (χ1) is 9.63. The predicted octanol–water partition coefficient (Wildman–Crippen LogP) is 2.52. The fourth-order valence-electron chi connectivity index (χ4n) is 2.52. The molecule has 20 heavy (non-hydrogen) atoms. The third-order valence-corrected chi connectivity index (χ3v) is 3.73. The van der Waals surface area contributed by atoms with Crippen LogP contribution in [-0.4, -0.2) is 35.1 Å². The van der Waals surface area contributed by atoms with Crippen molar-refractivity contribution in [3.8, 4) is 5.75 Å². The maximum atomic E-state index is 12.2. The first-order valence-corrected chi connectivity index (χ1v) is 7.36. The predicted molar refractivity (Wildman–Crippen MR) is 77.6 cm³/mol. The van der Waals surface area contributed by atoms with Gasteiger partial charge < -0.3 is 14.7 Å². The van der Waals surface area contributed by atoms with Crippen LogP contribution < -0.4 is 4.74 Å². The summed E-state index contributed by atoms with van der Waals surface area (Å²) >= 11 is 0. The zero-order valence-corrected chi connectivity index (χ0v) is 12.2. The van der Waals surface area contributed by atoms with Crippen molar-refractivity contribution < 1.29 is 14.6 Å². The molecule has 0 aromatic heterocycles. The molecule has 1 amide bonds. The van der Waals surface area contributed by atoms with E-state index < -0.39 is 12.2 Å². The Hall–Kier alpha value is -1.55. The van der Waals surface area contributed by atoms with E-state index in [-0.39, 0.29) is 5.91 Å². The van der Waals surface area contributed by atoms with Crippen LogP contribution in [0, 0.1) is 0 Å². The molecule has 110 valence electrons. The van der Waals surface area contributed by atoms with Crippen molar-refractivity contribution in [1.82, 2.24) is 4.90 Å². The zero-order valence-electron chi connectivity index (χ0n) is 12.2. The standard InChI is InChI=1S/C16H23NO3/c1-3-14(18)13-8-4-5-9-15(13)20-12(2)16(19)17-10-6-7-11-17/h4-5,8-9,12,14,18H,3,6-7,10-11H2,1-2H3. The topological polar surface area (TPSA) is 49.8 Å². The van der Waals surface area contributed by atoms with Gasteiger partial charge in [0.15, 0.2) is 6.10 Å². The molecule has 2 rings (SSSR count). The Morgan fingerprint density at radius 1 is 1.35 bits per heavy atom. The molecule has 2 atom stereocenters. The Balaban J connectivity index is 2.07. The van der Waals surface area contributed by atoms with Crippen molar-refractivity contribution in [2.75, 3.05) is 13.1 Å². The lowest BCUT2D eigenvalue weighted by molar-refractivity contribution is -0.136. The van der Waals surface area contributed by atoms with Crippen molar-refractivity contribution in [2.45, 2.75) is 45.3 Å². The van der Waals surface area contributed by atoms with Crippen LogP contribution in [0.5, 0.6) is 5.75 Å². The minimum Gasteiger partial charge on any atom is -0.481 e. The summed E-state index contributed by atoms with van der Waals surface area (Å²) in [7, 11) is 0. The Kier molecular flexibility index (Phi) is 5.01. The van der Waals surface area contributed by atoms with E-state index in [4.69, 9.17) is 4.74 Å². The van der Waals surface area contributed by atoms with Gasteiger partial charge in [0, 0.05) is 18.7 Å². The average Bonchev–Trinajstić information content (AvgIpc) is 3.00.